The van der Waals surface area contributed by atoms with Crippen LogP contribution in [0.3, 0.4) is 0 Å². The van der Waals surface area contributed by atoms with Crippen molar-refractivity contribution in [3.05, 3.63) is 77.9 Å². The number of rotatable bonds is 6. The Hall–Kier alpha value is -2.68. The zero-order chi connectivity index (χ0) is 15.8. The van der Waals surface area contributed by atoms with Gasteiger partial charge in [-0.2, -0.15) is 0 Å². The fraction of sp³-hybridized carbons (Fsp3) is 0.158. The molecule has 2 rings (SSSR count). The summed E-state index contributed by atoms with van der Waals surface area (Å²) in [5.41, 5.74) is 1.89. The number of ether oxygens (including phenoxy) is 1. The van der Waals surface area contributed by atoms with Crippen LogP contribution in [0.1, 0.15) is 30.6 Å². The van der Waals surface area contributed by atoms with Crippen molar-refractivity contribution in [2.75, 3.05) is 0 Å². The third-order valence-corrected chi connectivity index (χ3v) is 3.04. The van der Waals surface area contributed by atoms with Crippen molar-refractivity contribution in [2.24, 2.45) is 0 Å². The molecular formula is C19H18O3. The van der Waals surface area contributed by atoms with Crippen LogP contribution in [0.25, 0.3) is 6.08 Å². The van der Waals surface area contributed by atoms with E-state index in [0.29, 0.717) is 0 Å². The number of carbonyl (C=O) groups excluding carboxylic acids is 2. The van der Waals surface area contributed by atoms with E-state index in [-0.39, 0.29) is 12.2 Å². The molecule has 3 heteroatoms. The quantitative estimate of drug-likeness (QED) is 0.598. The Labute approximate surface area is 130 Å². The molecule has 0 heterocycles. The van der Waals surface area contributed by atoms with Crippen LogP contribution in [0.2, 0.25) is 0 Å². The number of carbonyl (C=O) groups is 2. The Morgan fingerprint density at radius 3 is 2.18 bits per heavy atom. The van der Waals surface area contributed by atoms with Gasteiger partial charge < -0.3 is 4.74 Å². The van der Waals surface area contributed by atoms with Crippen LogP contribution in [-0.2, 0) is 14.3 Å². The molecule has 0 saturated heterocycles. The molecule has 1 unspecified atom stereocenters. The van der Waals surface area contributed by atoms with Gasteiger partial charge in [0.05, 0.1) is 0 Å². The molecule has 0 amide bonds. The maximum absolute atomic E-state index is 11.8. The maximum Gasteiger partial charge on any atom is 0.314 e. The highest BCUT2D eigenvalue weighted by atomic mass is 16.5. The molecule has 0 saturated carbocycles. The molecule has 2 aromatic rings. The SMILES string of the molecule is CC(=O)CC(=O)OC(/C=C/c1ccccc1)c1ccccc1. The van der Waals surface area contributed by atoms with E-state index in [2.05, 4.69) is 0 Å². The summed E-state index contributed by atoms with van der Waals surface area (Å²) in [6.45, 7) is 1.37. The number of hydrogen-bond donors (Lipinski definition) is 0. The minimum absolute atomic E-state index is 0.205. The van der Waals surface area contributed by atoms with Gasteiger partial charge in [0.15, 0.2) is 0 Å². The normalized spacial score (nSPS) is 12.0. The fourth-order valence-electron chi connectivity index (χ4n) is 2.01. The van der Waals surface area contributed by atoms with Crippen LogP contribution in [-0.4, -0.2) is 11.8 Å². The van der Waals surface area contributed by atoms with E-state index in [1.165, 1.54) is 6.92 Å². The molecule has 0 bridgehead atoms. The van der Waals surface area contributed by atoms with Gasteiger partial charge in [-0.05, 0) is 24.1 Å². The van der Waals surface area contributed by atoms with Gasteiger partial charge in [-0.1, -0.05) is 66.7 Å². The first-order chi connectivity index (χ1) is 10.6. The van der Waals surface area contributed by atoms with Gasteiger partial charge in [-0.25, -0.2) is 0 Å². The van der Waals surface area contributed by atoms with E-state index in [4.69, 9.17) is 4.74 Å². The van der Waals surface area contributed by atoms with Crippen molar-refractivity contribution in [3.63, 3.8) is 0 Å². The summed E-state index contributed by atoms with van der Waals surface area (Å²) in [5.74, 6) is -0.720. The van der Waals surface area contributed by atoms with E-state index in [9.17, 15) is 9.59 Å². The lowest BCUT2D eigenvalue weighted by Gasteiger charge is -2.14. The largest absolute Gasteiger partial charge is 0.453 e. The molecule has 0 aliphatic rings. The minimum atomic E-state index is -0.515. The molecule has 112 valence electrons. The number of benzene rings is 2. The Kier molecular flexibility index (Phi) is 5.66. The molecule has 0 fully saturated rings. The van der Waals surface area contributed by atoms with E-state index < -0.39 is 12.1 Å². The third-order valence-electron chi connectivity index (χ3n) is 3.04. The average molecular weight is 294 g/mol. The molecule has 2 aromatic carbocycles. The number of Topliss-reactive ketones (excluding diaryl/α,β-unsaturated/α-hetero) is 1. The number of hydrogen-bond acceptors (Lipinski definition) is 3. The van der Waals surface area contributed by atoms with Crippen LogP contribution in [0.4, 0.5) is 0 Å². The summed E-state index contributed by atoms with van der Waals surface area (Å²) < 4.78 is 5.42. The molecule has 3 nitrogen and oxygen atoms in total. The molecule has 22 heavy (non-hydrogen) atoms. The lowest BCUT2D eigenvalue weighted by Crippen LogP contribution is -2.12. The van der Waals surface area contributed by atoms with Gasteiger partial charge in [0.2, 0.25) is 0 Å². The molecule has 0 N–H and O–H groups in total. The van der Waals surface area contributed by atoms with Gasteiger partial charge in [0, 0.05) is 0 Å². The predicted octanol–water partition coefficient (Wildman–Crippen LogP) is 3.96. The predicted molar refractivity (Wildman–Crippen MR) is 86.0 cm³/mol. The highest BCUT2D eigenvalue weighted by molar-refractivity contribution is 5.94. The fourth-order valence-corrected chi connectivity index (χ4v) is 2.01. The second-order valence-corrected chi connectivity index (χ2v) is 4.97. The van der Waals surface area contributed by atoms with Crippen molar-refractivity contribution in [2.45, 2.75) is 19.4 Å². The van der Waals surface area contributed by atoms with Gasteiger partial charge in [-0.15, -0.1) is 0 Å². The molecule has 0 aliphatic carbocycles. The second kappa shape index (κ2) is 7.93. The summed E-state index contributed by atoms with van der Waals surface area (Å²) in [6, 6.07) is 19.2. The smallest absolute Gasteiger partial charge is 0.314 e. The lowest BCUT2D eigenvalue weighted by molar-refractivity contribution is -0.148. The van der Waals surface area contributed by atoms with Crippen LogP contribution >= 0.6 is 0 Å². The van der Waals surface area contributed by atoms with Crippen LogP contribution in [0.15, 0.2) is 66.7 Å². The van der Waals surface area contributed by atoms with Gasteiger partial charge in [0.25, 0.3) is 0 Å². The van der Waals surface area contributed by atoms with Gasteiger partial charge in [-0.3, -0.25) is 9.59 Å². The topological polar surface area (TPSA) is 43.4 Å². The van der Waals surface area contributed by atoms with E-state index in [1.54, 1.807) is 0 Å². The lowest BCUT2D eigenvalue weighted by atomic mass is 10.1. The third kappa shape index (κ3) is 5.02. The highest BCUT2D eigenvalue weighted by Crippen LogP contribution is 2.21. The van der Waals surface area contributed by atoms with Crippen molar-refractivity contribution >= 4 is 17.8 Å². The maximum atomic E-state index is 11.8. The second-order valence-electron chi connectivity index (χ2n) is 4.97. The molecule has 1 atom stereocenters. The zero-order valence-electron chi connectivity index (χ0n) is 12.4. The van der Waals surface area contributed by atoms with Gasteiger partial charge in [0.1, 0.15) is 18.3 Å². The van der Waals surface area contributed by atoms with Crippen LogP contribution < -0.4 is 0 Å². The van der Waals surface area contributed by atoms with E-state index in [0.717, 1.165) is 11.1 Å². The first-order valence-electron chi connectivity index (χ1n) is 7.12. The van der Waals surface area contributed by atoms with E-state index >= 15 is 0 Å². The number of esters is 1. The summed E-state index contributed by atoms with van der Waals surface area (Å²) >= 11 is 0. The monoisotopic (exact) mass is 294 g/mol. The molecular weight excluding hydrogens is 276 g/mol. The Morgan fingerprint density at radius 2 is 1.59 bits per heavy atom. The van der Waals surface area contributed by atoms with Crippen molar-refractivity contribution < 1.29 is 14.3 Å². The van der Waals surface area contributed by atoms with Gasteiger partial charge >= 0.3 is 5.97 Å². The summed E-state index contributed by atoms with van der Waals surface area (Å²) in [4.78, 5) is 22.8. The van der Waals surface area contributed by atoms with Crippen molar-refractivity contribution in [3.8, 4) is 0 Å². The summed E-state index contributed by atoms with van der Waals surface area (Å²) in [7, 11) is 0. The molecule has 0 spiro atoms. The van der Waals surface area contributed by atoms with E-state index in [1.807, 2.05) is 72.8 Å². The molecule has 0 aromatic heterocycles. The Morgan fingerprint density at radius 1 is 1.00 bits per heavy atom. The summed E-state index contributed by atoms with van der Waals surface area (Å²) in [6.07, 6.45) is 3.01. The first-order valence-corrected chi connectivity index (χ1v) is 7.12. The first kappa shape index (κ1) is 15.7. The van der Waals surface area contributed by atoms with Crippen molar-refractivity contribution in [1.82, 2.24) is 0 Å². The zero-order valence-corrected chi connectivity index (χ0v) is 12.4. The molecule has 0 aliphatic heterocycles. The Balaban J connectivity index is 2.17. The standard InChI is InChI=1S/C19H18O3/c1-15(20)14-19(21)22-18(17-10-6-3-7-11-17)13-12-16-8-4-2-5-9-16/h2-13,18H,14H2,1H3/b13-12+. The van der Waals surface area contributed by atoms with Crippen LogP contribution in [0, 0.1) is 0 Å². The van der Waals surface area contributed by atoms with Crippen molar-refractivity contribution in [1.29, 1.82) is 0 Å². The highest BCUT2D eigenvalue weighted by Gasteiger charge is 2.15. The minimum Gasteiger partial charge on any atom is -0.453 e. The number of ketones is 1. The van der Waals surface area contributed by atoms with Crippen LogP contribution in [0.5, 0.6) is 0 Å². The average Bonchev–Trinajstić information content (AvgIpc) is 2.52. The Bertz CT molecular complexity index is 645. The molecule has 0 radical (unpaired) electrons. The summed E-state index contributed by atoms with van der Waals surface area (Å²) in [5, 5.41) is 0.